The van der Waals surface area contributed by atoms with Crippen LogP contribution in [0.4, 0.5) is 0 Å². The average molecular weight is 190 g/mol. The van der Waals surface area contributed by atoms with E-state index >= 15 is 0 Å². The number of rotatable bonds is 0. The largest absolute Gasteiger partial charge is 0.305 e. The molecule has 2 aliphatic rings. The van der Waals surface area contributed by atoms with Crippen LogP contribution in [0.5, 0.6) is 0 Å². The maximum atomic E-state index is 11.4. The van der Waals surface area contributed by atoms with E-state index in [2.05, 4.69) is 11.9 Å². The average Bonchev–Trinajstić information content (AvgIpc) is 2.31. The molecule has 0 spiro atoms. The summed E-state index contributed by atoms with van der Waals surface area (Å²) >= 11 is 0. The van der Waals surface area contributed by atoms with Crippen LogP contribution in [0.1, 0.15) is 19.3 Å². The Morgan fingerprint density at radius 2 is 2.17 bits per heavy atom. The zero-order valence-electron chi connectivity index (χ0n) is 7.45. The number of hydrogen-bond acceptors (Lipinski definition) is 2. The van der Waals surface area contributed by atoms with Crippen molar-refractivity contribution >= 4 is 18.2 Å². The summed E-state index contributed by atoms with van der Waals surface area (Å²) in [7, 11) is 2.12. The van der Waals surface area contributed by atoms with Gasteiger partial charge in [-0.2, -0.15) is 0 Å². The van der Waals surface area contributed by atoms with E-state index < -0.39 is 0 Å². The monoisotopic (exact) mass is 189 g/mol. The van der Waals surface area contributed by atoms with Gasteiger partial charge in [0, 0.05) is 25.4 Å². The number of nitrogens with zero attached hydrogens (tertiary/aromatic N) is 1. The molecule has 0 N–H and O–H groups in total. The first-order valence-electron chi connectivity index (χ1n) is 4.48. The highest BCUT2D eigenvalue weighted by Gasteiger charge is 2.37. The van der Waals surface area contributed by atoms with Gasteiger partial charge in [0.2, 0.25) is 0 Å². The number of Topliss-reactive ketones (excluding diaryl/α,β-unsaturated/α-hetero) is 1. The van der Waals surface area contributed by atoms with Crippen LogP contribution in [0.25, 0.3) is 0 Å². The van der Waals surface area contributed by atoms with E-state index in [-0.39, 0.29) is 12.4 Å². The summed E-state index contributed by atoms with van der Waals surface area (Å²) in [6.07, 6.45) is 3.25. The Morgan fingerprint density at radius 3 is 2.83 bits per heavy atom. The lowest BCUT2D eigenvalue weighted by Gasteiger charge is -2.21. The highest BCUT2D eigenvalue weighted by Crippen LogP contribution is 2.32. The molecule has 1 saturated carbocycles. The molecule has 0 aromatic carbocycles. The SMILES string of the molecule is CN1C[C@H]2CCCC(=O)[C@H]2C1.Cl. The number of ketones is 1. The van der Waals surface area contributed by atoms with Gasteiger partial charge in [-0.3, -0.25) is 4.79 Å². The zero-order chi connectivity index (χ0) is 7.84. The fourth-order valence-electron chi connectivity index (χ4n) is 2.47. The van der Waals surface area contributed by atoms with E-state index in [1.165, 1.54) is 6.42 Å². The summed E-state index contributed by atoms with van der Waals surface area (Å²) in [5.74, 6) is 1.61. The Labute approximate surface area is 79.7 Å². The third-order valence-corrected chi connectivity index (χ3v) is 3.04. The first-order chi connectivity index (χ1) is 5.27. The molecule has 0 amide bonds. The van der Waals surface area contributed by atoms with Crippen molar-refractivity contribution in [3.63, 3.8) is 0 Å². The minimum atomic E-state index is 0. The van der Waals surface area contributed by atoms with Gasteiger partial charge in [0.05, 0.1) is 0 Å². The standard InChI is InChI=1S/C9H15NO.ClH/c1-10-5-7-3-2-4-9(11)8(7)6-10;/h7-8H,2-6H2,1H3;1H/t7-,8+;/m1./s1. The van der Waals surface area contributed by atoms with E-state index in [4.69, 9.17) is 0 Å². The third kappa shape index (κ3) is 1.64. The van der Waals surface area contributed by atoms with Crippen molar-refractivity contribution in [2.75, 3.05) is 20.1 Å². The number of fused-ring (bicyclic) bond motifs is 1. The topological polar surface area (TPSA) is 20.3 Å². The second kappa shape index (κ2) is 3.75. The Morgan fingerprint density at radius 1 is 1.42 bits per heavy atom. The van der Waals surface area contributed by atoms with E-state index in [0.29, 0.717) is 17.6 Å². The van der Waals surface area contributed by atoms with Crippen LogP contribution in [0.2, 0.25) is 0 Å². The van der Waals surface area contributed by atoms with Gasteiger partial charge in [0.1, 0.15) is 5.78 Å². The van der Waals surface area contributed by atoms with E-state index in [9.17, 15) is 4.79 Å². The summed E-state index contributed by atoms with van der Waals surface area (Å²) in [5, 5.41) is 0. The Bertz CT molecular complexity index is 183. The number of carbonyl (C=O) groups excluding carboxylic acids is 1. The van der Waals surface area contributed by atoms with Crippen LogP contribution in [0, 0.1) is 11.8 Å². The first-order valence-corrected chi connectivity index (χ1v) is 4.48. The molecule has 0 aromatic heterocycles. The molecule has 0 radical (unpaired) electrons. The second-order valence-corrected chi connectivity index (χ2v) is 3.95. The Hall–Kier alpha value is -0.0800. The van der Waals surface area contributed by atoms with Gasteiger partial charge in [-0.25, -0.2) is 0 Å². The lowest BCUT2D eigenvalue weighted by molar-refractivity contribution is -0.125. The number of hydrogen-bond donors (Lipinski definition) is 0. The molecule has 2 nitrogen and oxygen atoms in total. The van der Waals surface area contributed by atoms with Crippen molar-refractivity contribution in [3.05, 3.63) is 0 Å². The molecule has 0 aromatic rings. The molecule has 1 heterocycles. The van der Waals surface area contributed by atoms with Crippen LogP contribution in [0.3, 0.4) is 0 Å². The van der Waals surface area contributed by atoms with Gasteiger partial charge < -0.3 is 4.90 Å². The van der Waals surface area contributed by atoms with Gasteiger partial charge >= 0.3 is 0 Å². The van der Waals surface area contributed by atoms with Crippen LogP contribution in [-0.4, -0.2) is 30.8 Å². The van der Waals surface area contributed by atoms with Gasteiger partial charge in [-0.15, -0.1) is 12.4 Å². The highest BCUT2D eigenvalue weighted by molar-refractivity contribution is 5.85. The maximum absolute atomic E-state index is 11.4. The molecular formula is C9H16ClNO. The summed E-state index contributed by atoms with van der Waals surface area (Å²) < 4.78 is 0. The van der Waals surface area contributed by atoms with Crippen molar-refractivity contribution in [3.8, 4) is 0 Å². The number of carbonyl (C=O) groups is 1. The quantitative estimate of drug-likeness (QED) is 0.573. The third-order valence-electron chi connectivity index (χ3n) is 3.04. The van der Waals surface area contributed by atoms with E-state index in [1.54, 1.807) is 0 Å². The van der Waals surface area contributed by atoms with E-state index in [1.807, 2.05) is 0 Å². The summed E-state index contributed by atoms with van der Waals surface area (Å²) in [6, 6.07) is 0. The molecule has 2 atom stereocenters. The second-order valence-electron chi connectivity index (χ2n) is 3.95. The number of halogens is 1. The first kappa shape index (κ1) is 10.0. The lowest BCUT2D eigenvalue weighted by Crippen LogP contribution is -2.26. The van der Waals surface area contributed by atoms with Crippen LogP contribution < -0.4 is 0 Å². The molecule has 0 bridgehead atoms. The molecule has 1 saturated heterocycles. The van der Waals surface area contributed by atoms with Gasteiger partial charge in [-0.1, -0.05) is 0 Å². The van der Waals surface area contributed by atoms with Gasteiger partial charge in [0.15, 0.2) is 0 Å². The van der Waals surface area contributed by atoms with Crippen molar-refractivity contribution in [1.82, 2.24) is 4.90 Å². The molecule has 70 valence electrons. The van der Waals surface area contributed by atoms with Crippen LogP contribution in [0.15, 0.2) is 0 Å². The molecule has 2 rings (SSSR count). The maximum Gasteiger partial charge on any atom is 0.137 e. The molecule has 3 heteroatoms. The zero-order valence-corrected chi connectivity index (χ0v) is 8.27. The van der Waals surface area contributed by atoms with Gasteiger partial charge in [0.25, 0.3) is 0 Å². The predicted molar refractivity (Wildman–Crippen MR) is 50.6 cm³/mol. The minimum absolute atomic E-state index is 0. The smallest absolute Gasteiger partial charge is 0.137 e. The summed E-state index contributed by atoms with van der Waals surface area (Å²) in [6.45, 7) is 2.17. The molecular weight excluding hydrogens is 174 g/mol. The summed E-state index contributed by atoms with van der Waals surface area (Å²) in [5.41, 5.74) is 0. The summed E-state index contributed by atoms with van der Waals surface area (Å²) in [4.78, 5) is 13.7. The Balaban J connectivity index is 0.000000720. The lowest BCUT2D eigenvalue weighted by atomic mass is 9.81. The van der Waals surface area contributed by atoms with E-state index in [0.717, 1.165) is 25.9 Å². The van der Waals surface area contributed by atoms with Crippen molar-refractivity contribution in [2.24, 2.45) is 11.8 Å². The molecule has 2 fully saturated rings. The van der Waals surface area contributed by atoms with Crippen molar-refractivity contribution in [1.29, 1.82) is 0 Å². The minimum Gasteiger partial charge on any atom is -0.305 e. The van der Waals surface area contributed by atoms with Crippen LogP contribution in [-0.2, 0) is 4.79 Å². The Kier molecular flexibility index (Phi) is 3.13. The molecule has 1 aliphatic carbocycles. The predicted octanol–water partition coefficient (Wildman–Crippen LogP) is 1.34. The highest BCUT2D eigenvalue weighted by atomic mass is 35.5. The normalized spacial score (nSPS) is 35.9. The van der Waals surface area contributed by atoms with Crippen LogP contribution >= 0.6 is 12.4 Å². The van der Waals surface area contributed by atoms with Crippen molar-refractivity contribution in [2.45, 2.75) is 19.3 Å². The molecule has 1 aliphatic heterocycles. The van der Waals surface area contributed by atoms with Gasteiger partial charge in [-0.05, 0) is 25.8 Å². The molecule has 12 heavy (non-hydrogen) atoms. The fraction of sp³-hybridized carbons (Fsp3) is 0.889. The number of likely N-dealkylation sites (tertiary alicyclic amines) is 1. The van der Waals surface area contributed by atoms with Crippen molar-refractivity contribution < 1.29 is 4.79 Å². The molecule has 0 unspecified atom stereocenters. The fourth-order valence-corrected chi connectivity index (χ4v) is 2.47.